The van der Waals surface area contributed by atoms with Crippen molar-refractivity contribution in [1.29, 1.82) is 0 Å². The topological polar surface area (TPSA) is 56.1 Å². The second-order valence-corrected chi connectivity index (χ2v) is 6.65. The number of hydrogen-bond donors (Lipinski definition) is 0. The van der Waals surface area contributed by atoms with Gasteiger partial charge < -0.3 is 4.74 Å². The molecular formula is C16H19N5OS. The van der Waals surface area contributed by atoms with Crippen molar-refractivity contribution in [3.8, 4) is 11.4 Å². The molecule has 0 saturated heterocycles. The van der Waals surface area contributed by atoms with E-state index in [1.807, 2.05) is 48.3 Å². The minimum Gasteiger partial charge on any atom is -0.497 e. The first kappa shape index (κ1) is 15.6. The molecule has 0 unspecified atom stereocenters. The summed E-state index contributed by atoms with van der Waals surface area (Å²) in [5.41, 5.74) is 2.13. The Balaban J connectivity index is 1.66. The van der Waals surface area contributed by atoms with Crippen LogP contribution in [-0.2, 0) is 13.1 Å². The van der Waals surface area contributed by atoms with Crippen molar-refractivity contribution in [2.75, 3.05) is 14.2 Å². The molecule has 0 spiro atoms. The number of nitrogens with zero attached hydrogens (tertiary/aromatic N) is 5. The fourth-order valence-electron chi connectivity index (χ4n) is 2.34. The molecule has 0 radical (unpaired) electrons. The van der Waals surface area contributed by atoms with Crippen LogP contribution < -0.4 is 4.74 Å². The van der Waals surface area contributed by atoms with E-state index in [2.05, 4.69) is 27.2 Å². The van der Waals surface area contributed by atoms with E-state index < -0.39 is 0 Å². The monoisotopic (exact) mass is 329 g/mol. The molecule has 0 atom stereocenters. The lowest BCUT2D eigenvalue weighted by Crippen LogP contribution is -2.16. The fourth-order valence-corrected chi connectivity index (χ4v) is 3.13. The van der Waals surface area contributed by atoms with Crippen molar-refractivity contribution in [3.63, 3.8) is 0 Å². The fraction of sp³-hybridized carbons (Fsp3) is 0.312. The summed E-state index contributed by atoms with van der Waals surface area (Å²) < 4.78 is 7.12. The molecule has 1 aromatic carbocycles. The molecule has 6 nitrogen and oxygen atoms in total. The number of rotatable bonds is 6. The third-order valence-corrected chi connectivity index (χ3v) is 4.20. The van der Waals surface area contributed by atoms with Crippen LogP contribution in [0.5, 0.6) is 5.75 Å². The maximum Gasteiger partial charge on any atom is 0.131 e. The van der Waals surface area contributed by atoms with E-state index in [1.165, 1.54) is 0 Å². The van der Waals surface area contributed by atoms with Crippen LogP contribution in [0, 0.1) is 6.92 Å². The summed E-state index contributed by atoms with van der Waals surface area (Å²) in [6, 6.07) is 7.85. The van der Waals surface area contributed by atoms with Gasteiger partial charge in [0.25, 0.3) is 0 Å². The second-order valence-electron chi connectivity index (χ2n) is 5.38. The first-order valence-electron chi connectivity index (χ1n) is 7.29. The molecule has 0 aliphatic carbocycles. The lowest BCUT2D eigenvalue weighted by molar-refractivity contribution is 0.317. The summed E-state index contributed by atoms with van der Waals surface area (Å²) in [7, 11) is 3.73. The molecule has 0 aliphatic rings. The third kappa shape index (κ3) is 3.94. The zero-order chi connectivity index (χ0) is 16.2. The Labute approximate surface area is 139 Å². The highest BCUT2D eigenvalue weighted by molar-refractivity contribution is 7.11. The van der Waals surface area contributed by atoms with Crippen molar-refractivity contribution in [2.24, 2.45) is 0 Å². The SMILES string of the molecule is COc1cccc(-n2cc(CN(C)Cc3nnc(C)s3)cn2)c1. The van der Waals surface area contributed by atoms with Gasteiger partial charge in [-0.15, -0.1) is 21.5 Å². The minimum atomic E-state index is 0.788. The summed E-state index contributed by atoms with van der Waals surface area (Å²) in [6.07, 6.45) is 3.93. The van der Waals surface area contributed by atoms with E-state index in [9.17, 15) is 0 Å². The van der Waals surface area contributed by atoms with Gasteiger partial charge in [-0.2, -0.15) is 5.10 Å². The lowest BCUT2D eigenvalue weighted by atomic mass is 10.3. The Morgan fingerprint density at radius 1 is 1.26 bits per heavy atom. The number of aromatic nitrogens is 4. The Hall–Kier alpha value is -2.25. The minimum absolute atomic E-state index is 0.788. The van der Waals surface area contributed by atoms with Gasteiger partial charge in [-0.05, 0) is 26.1 Å². The number of hydrogen-bond acceptors (Lipinski definition) is 6. The molecule has 120 valence electrons. The van der Waals surface area contributed by atoms with Gasteiger partial charge in [0.15, 0.2) is 0 Å². The molecule has 0 saturated carbocycles. The summed E-state index contributed by atoms with van der Waals surface area (Å²) >= 11 is 1.63. The highest BCUT2D eigenvalue weighted by Crippen LogP contribution is 2.17. The van der Waals surface area contributed by atoms with Crippen molar-refractivity contribution >= 4 is 11.3 Å². The molecule has 3 aromatic rings. The van der Waals surface area contributed by atoms with E-state index >= 15 is 0 Å². The van der Waals surface area contributed by atoms with Crippen LogP contribution in [0.4, 0.5) is 0 Å². The van der Waals surface area contributed by atoms with Gasteiger partial charge in [0.1, 0.15) is 15.8 Å². The molecule has 0 fully saturated rings. The zero-order valence-electron chi connectivity index (χ0n) is 13.4. The Morgan fingerprint density at radius 3 is 2.87 bits per heavy atom. The molecule has 7 heteroatoms. The van der Waals surface area contributed by atoms with Gasteiger partial charge in [0.2, 0.25) is 0 Å². The number of ether oxygens (including phenoxy) is 1. The molecule has 2 aromatic heterocycles. The largest absolute Gasteiger partial charge is 0.497 e. The highest BCUT2D eigenvalue weighted by atomic mass is 32.1. The Kier molecular flexibility index (Phi) is 4.68. The summed E-state index contributed by atoms with van der Waals surface area (Å²) in [4.78, 5) is 2.20. The second kappa shape index (κ2) is 6.89. The van der Waals surface area contributed by atoms with Gasteiger partial charge in [-0.3, -0.25) is 4.90 Å². The maximum atomic E-state index is 5.26. The van der Waals surface area contributed by atoms with Crippen LogP contribution >= 0.6 is 11.3 Å². The predicted molar refractivity (Wildman–Crippen MR) is 89.9 cm³/mol. The number of aryl methyl sites for hydroxylation is 1. The normalized spacial score (nSPS) is 11.1. The van der Waals surface area contributed by atoms with E-state index in [0.29, 0.717) is 0 Å². The standard InChI is InChI=1S/C16H19N5OS/c1-12-18-19-16(23-12)11-20(2)9-13-8-17-21(10-13)14-5-4-6-15(7-14)22-3/h4-8,10H,9,11H2,1-3H3. The Morgan fingerprint density at radius 2 is 2.13 bits per heavy atom. The quantitative estimate of drug-likeness (QED) is 0.696. The predicted octanol–water partition coefficient (Wildman–Crippen LogP) is 2.67. The first-order chi connectivity index (χ1) is 11.1. The maximum absolute atomic E-state index is 5.26. The van der Waals surface area contributed by atoms with Gasteiger partial charge in [0.05, 0.1) is 25.5 Å². The third-order valence-electron chi connectivity index (χ3n) is 3.38. The molecule has 2 heterocycles. The summed E-state index contributed by atoms with van der Waals surface area (Å²) in [5.74, 6) is 0.823. The van der Waals surface area contributed by atoms with Crippen molar-refractivity contribution in [1.82, 2.24) is 24.9 Å². The molecule has 0 N–H and O–H groups in total. The number of benzene rings is 1. The number of methoxy groups -OCH3 is 1. The highest BCUT2D eigenvalue weighted by Gasteiger charge is 2.08. The van der Waals surface area contributed by atoms with Crippen molar-refractivity contribution in [2.45, 2.75) is 20.0 Å². The van der Waals surface area contributed by atoms with Crippen molar-refractivity contribution in [3.05, 3.63) is 52.2 Å². The van der Waals surface area contributed by atoms with Crippen LogP contribution in [0.15, 0.2) is 36.7 Å². The zero-order valence-corrected chi connectivity index (χ0v) is 14.2. The van der Waals surface area contributed by atoms with Gasteiger partial charge in [-0.1, -0.05) is 6.07 Å². The molecular weight excluding hydrogens is 310 g/mol. The van der Waals surface area contributed by atoms with E-state index in [1.54, 1.807) is 18.4 Å². The first-order valence-corrected chi connectivity index (χ1v) is 8.11. The van der Waals surface area contributed by atoms with E-state index in [4.69, 9.17) is 4.74 Å². The van der Waals surface area contributed by atoms with Gasteiger partial charge in [-0.25, -0.2) is 4.68 Å². The molecule has 0 amide bonds. The average Bonchev–Trinajstić information content (AvgIpc) is 3.16. The van der Waals surface area contributed by atoms with Crippen LogP contribution in [-0.4, -0.2) is 39.0 Å². The van der Waals surface area contributed by atoms with Gasteiger partial charge >= 0.3 is 0 Å². The average molecular weight is 329 g/mol. The van der Waals surface area contributed by atoms with Crippen LogP contribution in [0.25, 0.3) is 5.69 Å². The molecule has 0 aliphatic heterocycles. The van der Waals surface area contributed by atoms with Crippen LogP contribution in [0.3, 0.4) is 0 Å². The Bertz CT molecular complexity index is 782. The van der Waals surface area contributed by atoms with E-state index in [0.717, 1.165) is 40.1 Å². The smallest absolute Gasteiger partial charge is 0.131 e. The summed E-state index contributed by atoms with van der Waals surface area (Å²) in [5, 5.41) is 14.7. The van der Waals surface area contributed by atoms with Crippen LogP contribution in [0.2, 0.25) is 0 Å². The molecule has 23 heavy (non-hydrogen) atoms. The van der Waals surface area contributed by atoms with Crippen LogP contribution in [0.1, 0.15) is 15.6 Å². The van der Waals surface area contributed by atoms with E-state index in [-0.39, 0.29) is 0 Å². The van der Waals surface area contributed by atoms with Crippen molar-refractivity contribution < 1.29 is 4.74 Å². The summed E-state index contributed by atoms with van der Waals surface area (Å²) in [6.45, 7) is 3.57. The molecule has 3 rings (SSSR count). The lowest BCUT2D eigenvalue weighted by Gasteiger charge is -2.12. The molecule has 0 bridgehead atoms. The van der Waals surface area contributed by atoms with Gasteiger partial charge in [0, 0.05) is 24.4 Å².